The van der Waals surface area contributed by atoms with Gasteiger partial charge in [-0.15, -0.1) is 0 Å². The third-order valence-electron chi connectivity index (χ3n) is 3.88. The molecule has 7 heteroatoms. The van der Waals surface area contributed by atoms with Crippen LogP contribution in [0.2, 0.25) is 0 Å². The summed E-state index contributed by atoms with van der Waals surface area (Å²) in [6, 6.07) is 13.8. The van der Waals surface area contributed by atoms with Crippen LogP contribution in [0, 0.1) is 6.92 Å². The van der Waals surface area contributed by atoms with Crippen molar-refractivity contribution in [1.29, 1.82) is 0 Å². The molecule has 0 saturated heterocycles. The van der Waals surface area contributed by atoms with Gasteiger partial charge < -0.3 is 10.1 Å². The minimum absolute atomic E-state index is 0.0704. The second-order valence-electron chi connectivity index (χ2n) is 5.89. The maximum absolute atomic E-state index is 12.5. The molecule has 2 N–H and O–H groups in total. The summed E-state index contributed by atoms with van der Waals surface area (Å²) in [4.78, 5) is 12.4. The van der Waals surface area contributed by atoms with E-state index in [4.69, 9.17) is 4.74 Å². The number of rotatable bonds is 9. The number of amides is 1. The summed E-state index contributed by atoms with van der Waals surface area (Å²) >= 11 is 0. The molecule has 1 amide bonds. The highest BCUT2D eigenvalue weighted by atomic mass is 32.2. The number of aryl methyl sites for hydroxylation is 1. The lowest BCUT2D eigenvalue weighted by Crippen LogP contribution is -2.27. The molecule has 6 nitrogen and oxygen atoms in total. The first kappa shape index (κ1) is 20.1. The van der Waals surface area contributed by atoms with Crippen molar-refractivity contribution in [2.45, 2.75) is 24.8 Å². The Bertz CT molecular complexity index is 836. The van der Waals surface area contributed by atoms with Gasteiger partial charge in [0.2, 0.25) is 10.0 Å². The predicted molar refractivity (Wildman–Crippen MR) is 100 cm³/mol. The van der Waals surface area contributed by atoms with Crippen LogP contribution in [0.25, 0.3) is 0 Å². The second-order valence-corrected chi connectivity index (χ2v) is 7.66. The highest BCUT2D eigenvalue weighted by molar-refractivity contribution is 7.89. The number of hydrogen-bond acceptors (Lipinski definition) is 4. The van der Waals surface area contributed by atoms with E-state index in [2.05, 4.69) is 10.0 Å². The number of benzene rings is 2. The van der Waals surface area contributed by atoms with E-state index in [0.29, 0.717) is 25.1 Å². The molecule has 140 valence electrons. The maximum Gasteiger partial charge on any atom is 0.251 e. The Morgan fingerprint density at radius 1 is 1.12 bits per heavy atom. The molecule has 0 aliphatic heterocycles. The van der Waals surface area contributed by atoms with E-state index in [1.807, 2.05) is 30.3 Å². The van der Waals surface area contributed by atoms with Crippen molar-refractivity contribution in [3.8, 4) is 0 Å². The van der Waals surface area contributed by atoms with Crippen LogP contribution in [0.4, 0.5) is 0 Å². The van der Waals surface area contributed by atoms with Crippen molar-refractivity contribution in [3.63, 3.8) is 0 Å². The fourth-order valence-electron chi connectivity index (χ4n) is 2.38. The van der Waals surface area contributed by atoms with Crippen LogP contribution in [0.3, 0.4) is 0 Å². The molecule has 0 radical (unpaired) electrons. The Kier molecular flexibility index (Phi) is 7.32. The Balaban J connectivity index is 2.10. The Morgan fingerprint density at radius 3 is 2.54 bits per heavy atom. The molecule has 2 rings (SSSR count). The average Bonchev–Trinajstić information content (AvgIpc) is 2.64. The minimum Gasteiger partial charge on any atom is -0.385 e. The first-order valence-corrected chi connectivity index (χ1v) is 9.84. The van der Waals surface area contributed by atoms with Gasteiger partial charge >= 0.3 is 0 Å². The Morgan fingerprint density at radius 2 is 1.85 bits per heavy atom. The van der Waals surface area contributed by atoms with Crippen molar-refractivity contribution in [1.82, 2.24) is 10.0 Å². The zero-order valence-electron chi connectivity index (χ0n) is 15.0. The summed E-state index contributed by atoms with van der Waals surface area (Å²) in [5.41, 5.74) is 1.93. The lowest BCUT2D eigenvalue weighted by Gasteiger charge is -2.11. The van der Waals surface area contributed by atoms with Crippen LogP contribution in [0.15, 0.2) is 53.4 Å². The lowest BCUT2D eigenvalue weighted by molar-refractivity contribution is 0.0948. The average molecular weight is 376 g/mol. The van der Waals surface area contributed by atoms with Gasteiger partial charge in [-0.3, -0.25) is 4.79 Å². The number of carbonyl (C=O) groups excluding carboxylic acids is 1. The molecular formula is C19H24N2O4S. The van der Waals surface area contributed by atoms with Gasteiger partial charge in [-0.05, 0) is 36.6 Å². The molecule has 0 aliphatic carbocycles. The van der Waals surface area contributed by atoms with Gasteiger partial charge in [-0.2, -0.15) is 0 Å². The van der Waals surface area contributed by atoms with E-state index in [1.165, 1.54) is 12.1 Å². The molecule has 0 spiro atoms. The summed E-state index contributed by atoms with van der Waals surface area (Å²) in [6.07, 6.45) is 0.692. The number of ether oxygens (including phenoxy) is 1. The molecule has 0 fully saturated rings. The van der Waals surface area contributed by atoms with Gasteiger partial charge in [-0.1, -0.05) is 36.4 Å². The topological polar surface area (TPSA) is 84.5 Å². The van der Waals surface area contributed by atoms with Crippen LogP contribution in [0.5, 0.6) is 0 Å². The van der Waals surface area contributed by atoms with Crippen LogP contribution < -0.4 is 10.0 Å². The predicted octanol–water partition coefficient (Wildman–Crippen LogP) is 2.24. The second kappa shape index (κ2) is 9.47. The van der Waals surface area contributed by atoms with Crippen molar-refractivity contribution in [2.24, 2.45) is 0 Å². The molecule has 0 bridgehead atoms. The molecule has 2 aromatic carbocycles. The zero-order valence-corrected chi connectivity index (χ0v) is 15.8. The van der Waals surface area contributed by atoms with E-state index in [1.54, 1.807) is 20.1 Å². The van der Waals surface area contributed by atoms with Gasteiger partial charge in [0.1, 0.15) is 0 Å². The number of sulfonamides is 1. The summed E-state index contributed by atoms with van der Waals surface area (Å²) in [6.45, 7) is 2.99. The third kappa shape index (κ3) is 5.66. The lowest BCUT2D eigenvalue weighted by atomic mass is 10.1. The number of carbonyl (C=O) groups is 1. The third-order valence-corrected chi connectivity index (χ3v) is 5.28. The van der Waals surface area contributed by atoms with Crippen LogP contribution in [0.1, 0.15) is 27.9 Å². The Hall–Kier alpha value is -2.22. The van der Waals surface area contributed by atoms with Crippen LogP contribution in [-0.4, -0.2) is 34.6 Å². The van der Waals surface area contributed by atoms with E-state index in [-0.39, 0.29) is 17.3 Å². The molecule has 26 heavy (non-hydrogen) atoms. The van der Waals surface area contributed by atoms with Gasteiger partial charge in [-0.25, -0.2) is 13.1 Å². The van der Waals surface area contributed by atoms with Gasteiger partial charge in [0.15, 0.2) is 0 Å². The Labute approximate surface area is 154 Å². The molecule has 0 saturated carbocycles. The first-order chi connectivity index (χ1) is 12.4. The van der Waals surface area contributed by atoms with Crippen molar-refractivity contribution < 1.29 is 17.9 Å². The highest BCUT2D eigenvalue weighted by Gasteiger charge is 2.17. The molecular weight excluding hydrogens is 352 g/mol. The molecule has 0 atom stereocenters. The summed E-state index contributed by atoms with van der Waals surface area (Å²) in [7, 11) is -2.11. The molecule has 0 unspecified atom stereocenters. The normalized spacial score (nSPS) is 11.3. The quantitative estimate of drug-likeness (QED) is 0.658. The van der Waals surface area contributed by atoms with Gasteiger partial charge in [0.05, 0.1) is 4.90 Å². The van der Waals surface area contributed by atoms with Gasteiger partial charge in [0, 0.05) is 32.4 Å². The summed E-state index contributed by atoms with van der Waals surface area (Å²) in [5.74, 6) is -0.293. The fourth-order valence-corrected chi connectivity index (χ4v) is 3.43. The van der Waals surface area contributed by atoms with Crippen molar-refractivity contribution >= 4 is 15.9 Å². The molecule has 0 aliphatic rings. The van der Waals surface area contributed by atoms with Crippen LogP contribution >= 0.6 is 0 Å². The monoisotopic (exact) mass is 376 g/mol. The largest absolute Gasteiger partial charge is 0.385 e. The van der Waals surface area contributed by atoms with E-state index < -0.39 is 10.0 Å². The molecule has 0 aromatic heterocycles. The number of hydrogen-bond donors (Lipinski definition) is 2. The standard InChI is InChI=1S/C19H24N2O4S/c1-15-9-10-17(13-18(15)19(22)20-11-6-12-25-2)26(23,24)21-14-16-7-4-3-5-8-16/h3-5,7-10,13,21H,6,11-12,14H2,1-2H3,(H,20,22). The van der Waals surface area contributed by atoms with E-state index in [0.717, 1.165) is 11.1 Å². The maximum atomic E-state index is 12.5. The first-order valence-electron chi connectivity index (χ1n) is 8.35. The zero-order chi connectivity index (χ0) is 19.0. The van der Waals surface area contributed by atoms with E-state index >= 15 is 0 Å². The smallest absolute Gasteiger partial charge is 0.251 e. The van der Waals surface area contributed by atoms with Crippen molar-refractivity contribution in [2.75, 3.05) is 20.3 Å². The SMILES string of the molecule is COCCCNC(=O)c1cc(S(=O)(=O)NCc2ccccc2)ccc1C. The van der Waals surface area contributed by atoms with Gasteiger partial charge in [0.25, 0.3) is 5.91 Å². The number of methoxy groups -OCH3 is 1. The van der Waals surface area contributed by atoms with E-state index in [9.17, 15) is 13.2 Å². The van der Waals surface area contributed by atoms with Crippen molar-refractivity contribution in [3.05, 3.63) is 65.2 Å². The van der Waals surface area contributed by atoms with Crippen LogP contribution in [-0.2, 0) is 21.3 Å². The highest BCUT2D eigenvalue weighted by Crippen LogP contribution is 2.16. The fraction of sp³-hybridized carbons (Fsp3) is 0.316. The number of nitrogens with one attached hydrogen (secondary N) is 2. The minimum atomic E-state index is -3.71. The molecule has 0 heterocycles. The summed E-state index contributed by atoms with van der Waals surface area (Å²) < 4.78 is 32.6. The molecule has 2 aromatic rings. The summed E-state index contributed by atoms with van der Waals surface area (Å²) in [5, 5.41) is 2.78.